The monoisotopic (exact) mass is 311 g/mol. The smallest absolute Gasteiger partial charge is 0.311 e. The molecule has 0 bridgehead atoms. The van der Waals surface area contributed by atoms with Crippen molar-refractivity contribution in [3.8, 4) is 0 Å². The summed E-state index contributed by atoms with van der Waals surface area (Å²) in [6.45, 7) is 2.20. The van der Waals surface area contributed by atoms with Crippen LogP contribution < -0.4 is 0 Å². The zero-order valence-corrected chi connectivity index (χ0v) is 13.1. The first kappa shape index (κ1) is 13.8. The number of rotatable bonds is 7. The van der Waals surface area contributed by atoms with Crippen LogP contribution in [-0.4, -0.2) is 29.4 Å². The summed E-state index contributed by atoms with van der Waals surface area (Å²) in [6.07, 6.45) is 5.68. The molecule has 3 heterocycles. The number of aliphatic hydroxyl groups excluding tert-OH is 1. The number of aliphatic hydroxyl groups is 1. The lowest BCUT2D eigenvalue weighted by Crippen LogP contribution is -2.36. The van der Waals surface area contributed by atoms with Crippen molar-refractivity contribution in [2.75, 3.05) is 0 Å². The molecular weight excluding hydrogens is 284 g/mol. The van der Waals surface area contributed by atoms with Crippen LogP contribution in [0.5, 0.6) is 0 Å². The molecule has 4 rings (SSSR count). The maximum absolute atomic E-state index is 12.0. The fourth-order valence-electron chi connectivity index (χ4n) is 4.94. The van der Waals surface area contributed by atoms with Gasteiger partial charge >= 0.3 is 5.97 Å². The van der Waals surface area contributed by atoms with Gasteiger partial charge in [-0.05, 0) is 12.8 Å². The van der Waals surface area contributed by atoms with Crippen molar-refractivity contribution >= 4 is 5.97 Å². The molecule has 4 fully saturated rings. The van der Waals surface area contributed by atoms with Crippen LogP contribution in [0.25, 0.3) is 0 Å². The van der Waals surface area contributed by atoms with Crippen LogP contribution in [0, 0.1) is 23.7 Å². The highest BCUT2D eigenvalue weighted by Gasteiger charge is 2.74. The Kier molecular flexibility index (Phi) is 3.42. The van der Waals surface area contributed by atoms with E-state index in [1.807, 2.05) is 0 Å². The highest BCUT2D eigenvalue weighted by molar-refractivity contribution is 5.76. The summed E-state index contributed by atoms with van der Waals surface area (Å²) < 4.78 is 25.3. The largest absolute Gasteiger partial charge is 0.435 e. The maximum atomic E-state index is 12.0. The molecule has 5 heteroatoms. The third-order valence-corrected chi connectivity index (χ3v) is 5.93. The third-order valence-electron chi connectivity index (χ3n) is 5.93. The van der Waals surface area contributed by atoms with Crippen molar-refractivity contribution in [2.45, 2.75) is 76.6 Å². The molecule has 3 aliphatic heterocycles. The Morgan fingerprint density at radius 2 is 2.05 bits per heavy atom. The molecule has 22 heavy (non-hydrogen) atoms. The van der Waals surface area contributed by atoms with Crippen LogP contribution in [0.4, 0.5) is 0 Å². The Labute approximate surface area is 132 Å². The van der Waals surface area contributed by atoms with Gasteiger partial charge in [0.2, 0.25) is 6.27 Å². The molecule has 0 spiro atoms. The minimum atomic E-state index is -1.61. The second-order valence-corrected chi connectivity index (χ2v) is 7.24. The zero-order valence-electron chi connectivity index (χ0n) is 14.1. The molecule has 5 nitrogen and oxygen atoms in total. The molecule has 3 saturated heterocycles. The van der Waals surface area contributed by atoms with Gasteiger partial charge in [0.15, 0.2) is 12.1 Å². The van der Waals surface area contributed by atoms with Gasteiger partial charge in [-0.3, -0.25) is 4.79 Å². The van der Waals surface area contributed by atoms with E-state index in [4.69, 9.17) is 15.6 Å². The molecule has 0 amide bonds. The topological polar surface area (TPSA) is 65.0 Å². The number of carbonyl (C=O) groups is 1. The molecule has 0 aromatic heterocycles. The average molecular weight is 311 g/mol. The molecule has 124 valence electrons. The van der Waals surface area contributed by atoms with E-state index in [1.54, 1.807) is 0 Å². The van der Waals surface area contributed by atoms with Crippen molar-refractivity contribution in [3.63, 3.8) is 0 Å². The van der Waals surface area contributed by atoms with Gasteiger partial charge in [0.25, 0.3) is 0 Å². The molecule has 0 unspecified atom stereocenters. The van der Waals surface area contributed by atoms with E-state index in [9.17, 15) is 9.90 Å². The molecule has 1 N–H and O–H groups in total. The van der Waals surface area contributed by atoms with Crippen molar-refractivity contribution in [2.24, 2.45) is 23.7 Å². The molecule has 4 aliphatic rings. The lowest BCUT2D eigenvalue weighted by molar-refractivity contribution is -0.294. The molecule has 7 atom stereocenters. The van der Waals surface area contributed by atoms with Gasteiger partial charge < -0.3 is 19.3 Å². The van der Waals surface area contributed by atoms with Crippen LogP contribution >= 0.6 is 0 Å². The van der Waals surface area contributed by atoms with Gasteiger partial charge in [0.1, 0.15) is 1.37 Å². The summed E-state index contributed by atoms with van der Waals surface area (Å²) in [6, 6.07) is 0. The molecule has 1 saturated carbocycles. The molecule has 0 aromatic carbocycles. The number of hydrogen-bond donors (Lipinski definition) is 1. The minimum Gasteiger partial charge on any atom is -0.435 e. The van der Waals surface area contributed by atoms with E-state index in [0.717, 1.165) is 12.8 Å². The lowest BCUT2D eigenvalue weighted by atomic mass is 9.83. The van der Waals surface area contributed by atoms with Crippen molar-refractivity contribution in [1.82, 2.24) is 0 Å². The second-order valence-electron chi connectivity index (χ2n) is 7.24. The van der Waals surface area contributed by atoms with Gasteiger partial charge in [-0.1, -0.05) is 39.0 Å². The second kappa shape index (κ2) is 5.46. The first-order valence-electron chi connectivity index (χ1n) is 9.30. The van der Waals surface area contributed by atoms with Crippen LogP contribution in [0.15, 0.2) is 0 Å². The SMILES string of the molecule is [2H][C@@]12OC(=O)[C@@H]3C[C@H]4[C@@H]([C@@H]31)[C@](CCCCCCCC)(O[C@@H]4O)O2. The number of ether oxygens (including phenoxy) is 3. The molecular formula is C17H26O5. The lowest BCUT2D eigenvalue weighted by Gasteiger charge is -2.28. The van der Waals surface area contributed by atoms with E-state index >= 15 is 0 Å². The number of unbranched alkanes of at least 4 members (excludes halogenated alkanes) is 5. The van der Waals surface area contributed by atoms with Gasteiger partial charge in [-0.15, -0.1) is 0 Å². The quantitative estimate of drug-likeness (QED) is 0.578. The van der Waals surface area contributed by atoms with E-state index < -0.39 is 18.3 Å². The van der Waals surface area contributed by atoms with E-state index in [-0.39, 0.29) is 29.6 Å². The van der Waals surface area contributed by atoms with E-state index in [0.29, 0.717) is 12.8 Å². The number of carbonyl (C=O) groups excluding carboxylic acids is 1. The fourth-order valence-corrected chi connectivity index (χ4v) is 4.94. The highest BCUT2D eigenvalue weighted by Crippen LogP contribution is 2.65. The summed E-state index contributed by atoms with van der Waals surface area (Å²) in [5, 5.41) is 10.2. The van der Waals surface area contributed by atoms with Gasteiger partial charge in [-0.25, -0.2) is 0 Å². The summed E-state index contributed by atoms with van der Waals surface area (Å²) >= 11 is 0. The molecule has 0 radical (unpaired) electrons. The number of hydrogen-bond acceptors (Lipinski definition) is 5. The van der Waals surface area contributed by atoms with Crippen LogP contribution in [0.2, 0.25) is 0 Å². The van der Waals surface area contributed by atoms with Gasteiger partial charge in [-0.2, -0.15) is 0 Å². The number of esters is 1. The predicted molar refractivity (Wildman–Crippen MR) is 77.4 cm³/mol. The Bertz CT molecular complexity index is 499. The van der Waals surface area contributed by atoms with Crippen LogP contribution in [-0.2, 0) is 19.0 Å². The summed E-state index contributed by atoms with van der Waals surface area (Å²) in [5.74, 6) is -2.09. The van der Waals surface area contributed by atoms with Crippen LogP contribution in [0.3, 0.4) is 0 Å². The first-order chi connectivity index (χ1) is 11.0. The van der Waals surface area contributed by atoms with Crippen molar-refractivity contribution < 1.29 is 25.5 Å². The third kappa shape index (κ3) is 2.05. The van der Waals surface area contributed by atoms with Gasteiger partial charge in [0, 0.05) is 24.2 Å². The highest BCUT2D eigenvalue weighted by atomic mass is 16.8. The maximum Gasteiger partial charge on any atom is 0.311 e. The minimum absolute atomic E-state index is 0.0953. The molecule has 0 aromatic rings. The Morgan fingerprint density at radius 3 is 2.86 bits per heavy atom. The summed E-state index contributed by atoms with van der Waals surface area (Å²) in [5.41, 5.74) is 0. The predicted octanol–water partition coefficient (Wildman–Crippen LogP) is 2.56. The standard InChI is InChI=1S/C17H26O5/c1-2-3-4-5-6-7-8-17-13-11(15(19)21-17)9-10-12(13)16(22-17)20-14(10)18/h10-13,15-16,19H,2-9H2,1H3/t10-,11+,12-,13+,15+,16+,17-/m1/s1/i16D. The van der Waals surface area contributed by atoms with E-state index in [2.05, 4.69) is 6.92 Å². The van der Waals surface area contributed by atoms with Crippen molar-refractivity contribution in [1.29, 1.82) is 0 Å². The Morgan fingerprint density at radius 1 is 1.27 bits per heavy atom. The fraction of sp³-hybridized carbons (Fsp3) is 0.941. The summed E-state index contributed by atoms with van der Waals surface area (Å²) in [4.78, 5) is 12.0. The first-order valence-corrected chi connectivity index (χ1v) is 8.80. The average Bonchev–Trinajstić information content (AvgIpc) is 3.13. The van der Waals surface area contributed by atoms with Crippen LogP contribution in [0.1, 0.15) is 59.7 Å². The zero-order chi connectivity index (χ0) is 16.2. The molecule has 1 aliphatic carbocycles. The Hall–Kier alpha value is -0.650. The normalized spacial score (nSPS) is 52.0. The van der Waals surface area contributed by atoms with Gasteiger partial charge in [0.05, 0.1) is 5.92 Å². The Balaban J connectivity index is 1.46. The van der Waals surface area contributed by atoms with Crippen molar-refractivity contribution in [3.05, 3.63) is 0 Å². The summed E-state index contributed by atoms with van der Waals surface area (Å²) in [7, 11) is 0. The van der Waals surface area contributed by atoms with E-state index in [1.165, 1.54) is 25.7 Å².